The van der Waals surface area contributed by atoms with Crippen LogP contribution in [0.2, 0.25) is 0 Å². The third-order valence-electron chi connectivity index (χ3n) is 8.61. The summed E-state index contributed by atoms with van der Waals surface area (Å²) in [6.45, 7) is 14.9. The van der Waals surface area contributed by atoms with Crippen molar-refractivity contribution < 1.29 is 27.8 Å². The van der Waals surface area contributed by atoms with E-state index in [1.807, 2.05) is 32.9 Å². The number of nitrogens with one attached hydrogen (secondary N) is 1. The van der Waals surface area contributed by atoms with Gasteiger partial charge in [0.05, 0.1) is 6.04 Å². The lowest BCUT2D eigenvalue weighted by Gasteiger charge is -2.36. The first kappa shape index (κ1) is 34.6. The summed E-state index contributed by atoms with van der Waals surface area (Å²) in [7, 11) is 0. The number of nitrogens with zero attached hydrogens (tertiary/aromatic N) is 5. The molecule has 1 unspecified atom stereocenters. The van der Waals surface area contributed by atoms with E-state index in [-0.39, 0.29) is 23.1 Å². The van der Waals surface area contributed by atoms with E-state index in [1.165, 1.54) is 30.5 Å². The zero-order chi connectivity index (χ0) is 34.5. The zero-order valence-electron chi connectivity index (χ0n) is 27.8. The average Bonchev–Trinajstić information content (AvgIpc) is 3.03. The number of benzene rings is 3. The number of amides is 1. The number of aryl methyl sites for hydroxylation is 3. The van der Waals surface area contributed by atoms with Crippen LogP contribution in [-0.2, 0) is 0 Å². The van der Waals surface area contributed by atoms with Gasteiger partial charge in [0.15, 0.2) is 23.2 Å². The number of hydrogen-bond acceptors (Lipinski definition) is 7. The fourth-order valence-corrected chi connectivity index (χ4v) is 6.25. The van der Waals surface area contributed by atoms with Crippen molar-refractivity contribution in [2.45, 2.75) is 46.7 Å². The molecule has 0 bridgehead atoms. The molecule has 5 rings (SSSR count). The van der Waals surface area contributed by atoms with E-state index in [9.17, 15) is 18.7 Å². The van der Waals surface area contributed by atoms with Crippen molar-refractivity contribution in [1.82, 2.24) is 19.8 Å². The highest BCUT2D eigenvalue weighted by molar-refractivity contribution is 5.87. The molecule has 2 heterocycles. The topological polar surface area (TPSA) is 94.1 Å². The van der Waals surface area contributed by atoms with Gasteiger partial charge in [0.1, 0.15) is 12.4 Å². The molecule has 1 atom stereocenters. The first-order valence-corrected chi connectivity index (χ1v) is 15.9. The van der Waals surface area contributed by atoms with Crippen LogP contribution in [-0.4, -0.2) is 76.3 Å². The molecule has 4 aromatic rings. The minimum absolute atomic E-state index is 0.00810. The van der Waals surface area contributed by atoms with Crippen LogP contribution in [0, 0.1) is 38.2 Å². The highest BCUT2D eigenvalue weighted by Gasteiger charge is 2.32. The standard InChI is InChI=1S/C36H41F3N6O3/c1-22(2)44-14-12-43(13-15-44)16-17-48-31-9-7-27(21-30(31)39)41-35-40-11-10-32(42-35)45(36(46)47)34(26-6-8-28(37)29(38)20-26)33-24(4)18-23(3)19-25(33)5/h6-11,18-22,34H,12-17H2,1-5H3,(H,46,47)(H,40,41,42). The highest BCUT2D eigenvalue weighted by Crippen LogP contribution is 2.37. The van der Waals surface area contributed by atoms with Gasteiger partial charge in [0.2, 0.25) is 5.95 Å². The van der Waals surface area contributed by atoms with E-state index in [0.29, 0.717) is 30.4 Å². The molecule has 1 amide bonds. The Kier molecular flexibility index (Phi) is 10.9. The molecular formula is C36H41F3N6O3. The van der Waals surface area contributed by atoms with Gasteiger partial charge < -0.3 is 15.2 Å². The third-order valence-corrected chi connectivity index (χ3v) is 8.61. The number of carboxylic acid groups (broad SMARTS) is 1. The molecule has 9 nitrogen and oxygen atoms in total. The third kappa shape index (κ3) is 8.06. The summed E-state index contributed by atoms with van der Waals surface area (Å²) in [6, 6.07) is 12.4. The summed E-state index contributed by atoms with van der Waals surface area (Å²) in [6.07, 6.45) is -0.00448. The molecule has 1 saturated heterocycles. The maximum atomic E-state index is 15.0. The summed E-state index contributed by atoms with van der Waals surface area (Å²) < 4.78 is 49.3. The Morgan fingerprint density at radius 1 is 0.938 bits per heavy atom. The lowest BCUT2D eigenvalue weighted by molar-refractivity contribution is 0.0965. The molecule has 48 heavy (non-hydrogen) atoms. The zero-order valence-corrected chi connectivity index (χ0v) is 27.8. The average molecular weight is 663 g/mol. The summed E-state index contributed by atoms with van der Waals surface area (Å²) in [5.41, 5.74) is 3.66. The highest BCUT2D eigenvalue weighted by atomic mass is 19.2. The van der Waals surface area contributed by atoms with Crippen LogP contribution >= 0.6 is 0 Å². The smallest absolute Gasteiger partial charge is 0.413 e. The molecule has 2 N–H and O–H groups in total. The maximum Gasteiger partial charge on any atom is 0.413 e. The van der Waals surface area contributed by atoms with Crippen LogP contribution in [0.1, 0.15) is 47.7 Å². The molecular weight excluding hydrogens is 621 g/mol. The summed E-state index contributed by atoms with van der Waals surface area (Å²) in [5.74, 6) is -2.62. The predicted molar refractivity (Wildman–Crippen MR) is 180 cm³/mol. The van der Waals surface area contributed by atoms with Crippen molar-refractivity contribution in [3.63, 3.8) is 0 Å². The lowest BCUT2D eigenvalue weighted by Crippen LogP contribution is -2.49. The molecule has 1 aliphatic heterocycles. The van der Waals surface area contributed by atoms with Crippen LogP contribution in [0.4, 0.5) is 35.4 Å². The van der Waals surface area contributed by atoms with E-state index in [1.54, 1.807) is 6.07 Å². The Morgan fingerprint density at radius 3 is 2.27 bits per heavy atom. The van der Waals surface area contributed by atoms with Crippen molar-refractivity contribution >= 4 is 23.5 Å². The fraction of sp³-hybridized carbons (Fsp3) is 0.361. The van der Waals surface area contributed by atoms with Crippen molar-refractivity contribution in [2.24, 2.45) is 0 Å². The number of aromatic nitrogens is 2. The van der Waals surface area contributed by atoms with Gasteiger partial charge in [-0.3, -0.25) is 9.80 Å². The van der Waals surface area contributed by atoms with E-state index >= 15 is 4.39 Å². The Labute approximate surface area is 279 Å². The van der Waals surface area contributed by atoms with Gasteiger partial charge in [0.25, 0.3) is 0 Å². The Balaban J connectivity index is 1.36. The maximum absolute atomic E-state index is 15.0. The molecule has 0 spiro atoms. The SMILES string of the molecule is Cc1cc(C)c(C(c2ccc(F)c(F)c2)N(C(=O)O)c2ccnc(Nc3ccc(OCCN4CCN(C(C)C)CC4)c(F)c3)n2)c(C)c1. The lowest BCUT2D eigenvalue weighted by atomic mass is 9.89. The number of carbonyl (C=O) groups is 1. The van der Waals surface area contributed by atoms with Crippen molar-refractivity contribution in [3.05, 3.63) is 106 Å². The quantitative estimate of drug-likeness (QED) is 0.174. The van der Waals surface area contributed by atoms with Crippen LogP contribution in [0.3, 0.4) is 0 Å². The second kappa shape index (κ2) is 15.0. The Hall–Kier alpha value is -4.68. The van der Waals surface area contributed by atoms with Gasteiger partial charge >= 0.3 is 6.09 Å². The van der Waals surface area contributed by atoms with Gasteiger partial charge in [-0.05, 0) is 87.2 Å². The molecule has 3 aromatic carbocycles. The number of ether oxygens (including phenoxy) is 1. The Morgan fingerprint density at radius 2 is 1.65 bits per heavy atom. The predicted octanol–water partition coefficient (Wildman–Crippen LogP) is 7.24. The van der Waals surface area contributed by atoms with Crippen molar-refractivity contribution in [2.75, 3.05) is 49.5 Å². The van der Waals surface area contributed by atoms with Crippen LogP contribution in [0.15, 0.2) is 60.8 Å². The molecule has 254 valence electrons. The fourth-order valence-electron chi connectivity index (χ4n) is 6.25. The number of rotatable bonds is 11. The van der Waals surface area contributed by atoms with Crippen molar-refractivity contribution in [1.29, 1.82) is 0 Å². The van der Waals surface area contributed by atoms with Gasteiger partial charge in [-0.2, -0.15) is 4.98 Å². The van der Waals surface area contributed by atoms with Gasteiger partial charge in [-0.15, -0.1) is 0 Å². The number of halogens is 3. The van der Waals surface area contributed by atoms with Crippen LogP contribution < -0.4 is 15.0 Å². The van der Waals surface area contributed by atoms with Gasteiger partial charge in [-0.1, -0.05) is 23.8 Å². The minimum atomic E-state index is -1.37. The molecule has 0 aliphatic carbocycles. The van der Waals surface area contributed by atoms with Gasteiger partial charge in [0, 0.05) is 56.7 Å². The first-order valence-electron chi connectivity index (χ1n) is 15.9. The van der Waals surface area contributed by atoms with Crippen molar-refractivity contribution in [3.8, 4) is 5.75 Å². The number of piperazine rings is 1. The largest absolute Gasteiger partial charge is 0.489 e. The monoisotopic (exact) mass is 662 g/mol. The molecule has 0 radical (unpaired) electrons. The summed E-state index contributed by atoms with van der Waals surface area (Å²) in [5, 5.41) is 13.5. The normalized spacial score (nSPS) is 14.6. The number of hydrogen-bond donors (Lipinski definition) is 2. The minimum Gasteiger partial charge on any atom is -0.489 e. The molecule has 1 aliphatic rings. The van der Waals surface area contributed by atoms with E-state index in [0.717, 1.165) is 59.9 Å². The van der Waals surface area contributed by atoms with E-state index < -0.39 is 29.6 Å². The molecule has 12 heteroatoms. The second-order valence-corrected chi connectivity index (χ2v) is 12.4. The number of anilines is 3. The van der Waals surface area contributed by atoms with E-state index in [4.69, 9.17) is 4.74 Å². The van der Waals surface area contributed by atoms with Crippen LogP contribution in [0.5, 0.6) is 5.75 Å². The molecule has 1 fully saturated rings. The molecule has 1 aromatic heterocycles. The second-order valence-electron chi connectivity index (χ2n) is 12.4. The molecule has 0 saturated carbocycles. The Bertz CT molecular complexity index is 1740. The first-order chi connectivity index (χ1) is 22.9. The van der Waals surface area contributed by atoms with Crippen LogP contribution in [0.25, 0.3) is 0 Å². The summed E-state index contributed by atoms with van der Waals surface area (Å²) >= 11 is 0. The van der Waals surface area contributed by atoms with Gasteiger partial charge in [-0.25, -0.2) is 27.8 Å². The summed E-state index contributed by atoms with van der Waals surface area (Å²) in [4.78, 5) is 27.3. The van der Waals surface area contributed by atoms with E-state index in [2.05, 4.69) is 38.9 Å².